The maximum Gasteiger partial charge on any atom is 0.307 e. The predicted molar refractivity (Wildman–Crippen MR) is 85.9 cm³/mol. The summed E-state index contributed by atoms with van der Waals surface area (Å²) in [4.78, 5) is 11.5. The van der Waals surface area contributed by atoms with E-state index < -0.39 is 6.04 Å². The van der Waals surface area contributed by atoms with Crippen LogP contribution in [0.5, 0.6) is 11.5 Å². The van der Waals surface area contributed by atoms with Crippen LogP contribution in [0.1, 0.15) is 30.5 Å². The number of ether oxygens (including phenoxy) is 2. The molecule has 2 N–H and O–H groups in total. The molecule has 4 heteroatoms. The first kappa shape index (κ1) is 16.0. The highest BCUT2D eigenvalue weighted by Gasteiger charge is 2.13. The van der Waals surface area contributed by atoms with Gasteiger partial charge in [-0.2, -0.15) is 0 Å². The van der Waals surface area contributed by atoms with E-state index in [0.29, 0.717) is 12.4 Å². The molecule has 4 nitrogen and oxygen atoms in total. The third-order valence-corrected chi connectivity index (χ3v) is 3.30. The van der Waals surface area contributed by atoms with Gasteiger partial charge in [0.25, 0.3) is 0 Å². The van der Waals surface area contributed by atoms with E-state index in [1.807, 2.05) is 55.5 Å². The van der Waals surface area contributed by atoms with Crippen LogP contribution in [0.3, 0.4) is 0 Å². The zero-order chi connectivity index (χ0) is 15.9. The van der Waals surface area contributed by atoms with Crippen molar-refractivity contribution in [2.75, 3.05) is 6.61 Å². The van der Waals surface area contributed by atoms with Gasteiger partial charge in [0.05, 0.1) is 13.0 Å². The number of nitrogens with two attached hydrogens (primary N) is 1. The average Bonchev–Trinajstić information content (AvgIpc) is 2.50. The Kier molecular flexibility index (Phi) is 5.55. The summed E-state index contributed by atoms with van der Waals surface area (Å²) >= 11 is 0. The third-order valence-electron chi connectivity index (χ3n) is 3.30. The number of esters is 1. The van der Waals surface area contributed by atoms with Crippen LogP contribution in [-0.4, -0.2) is 12.6 Å². The van der Waals surface area contributed by atoms with Crippen LogP contribution in [-0.2, 0) is 9.53 Å². The number of carbonyl (C=O) groups is 1. The van der Waals surface area contributed by atoms with Crippen LogP contribution >= 0.6 is 0 Å². The lowest BCUT2D eigenvalue weighted by molar-refractivity contribution is -0.143. The molecule has 0 aliphatic rings. The van der Waals surface area contributed by atoms with Crippen molar-refractivity contribution in [1.82, 2.24) is 0 Å². The maximum atomic E-state index is 11.5. The lowest BCUT2D eigenvalue weighted by Gasteiger charge is -2.14. The van der Waals surface area contributed by atoms with Gasteiger partial charge in [-0.25, -0.2) is 0 Å². The van der Waals surface area contributed by atoms with Crippen molar-refractivity contribution in [1.29, 1.82) is 0 Å². The van der Waals surface area contributed by atoms with Crippen molar-refractivity contribution in [3.63, 3.8) is 0 Å². The Hall–Kier alpha value is -2.33. The monoisotopic (exact) mass is 299 g/mol. The molecule has 0 aliphatic carbocycles. The minimum atomic E-state index is -0.403. The molecule has 0 saturated heterocycles. The minimum absolute atomic E-state index is 0.154. The van der Waals surface area contributed by atoms with E-state index in [1.165, 1.54) is 0 Å². The van der Waals surface area contributed by atoms with Gasteiger partial charge in [-0.1, -0.05) is 30.3 Å². The summed E-state index contributed by atoms with van der Waals surface area (Å²) in [7, 11) is 0. The van der Waals surface area contributed by atoms with E-state index in [-0.39, 0.29) is 12.4 Å². The van der Waals surface area contributed by atoms with E-state index in [0.717, 1.165) is 16.9 Å². The lowest BCUT2D eigenvalue weighted by atomic mass is 10.0. The summed E-state index contributed by atoms with van der Waals surface area (Å²) in [5, 5.41) is 0. The van der Waals surface area contributed by atoms with E-state index >= 15 is 0 Å². The van der Waals surface area contributed by atoms with Crippen molar-refractivity contribution in [2.45, 2.75) is 26.3 Å². The van der Waals surface area contributed by atoms with Gasteiger partial charge in [-0.15, -0.1) is 0 Å². The lowest BCUT2D eigenvalue weighted by Crippen LogP contribution is -2.17. The molecule has 0 heterocycles. The van der Waals surface area contributed by atoms with Crippen molar-refractivity contribution in [3.8, 4) is 11.5 Å². The molecule has 2 aromatic carbocycles. The summed E-state index contributed by atoms with van der Waals surface area (Å²) in [6.07, 6.45) is 0.154. The van der Waals surface area contributed by atoms with E-state index in [4.69, 9.17) is 15.2 Å². The first-order valence-electron chi connectivity index (χ1n) is 7.34. The summed E-state index contributed by atoms with van der Waals surface area (Å²) < 4.78 is 10.8. The average molecular weight is 299 g/mol. The molecular formula is C18H21NO3. The fourth-order valence-electron chi connectivity index (χ4n) is 2.12. The van der Waals surface area contributed by atoms with Crippen LogP contribution in [0.2, 0.25) is 0 Å². The van der Waals surface area contributed by atoms with Gasteiger partial charge in [0.1, 0.15) is 11.5 Å². The third kappa shape index (κ3) is 4.33. The smallest absolute Gasteiger partial charge is 0.307 e. The van der Waals surface area contributed by atoms with Crippen molar-refractivity contribution < 1.29 is 14.3 Å². The molecule has 1 atom stereocenters. The van der Waals surface area contributed by atoms with Gasteiger partial charge < -0.3 is 15.2 Å². The van der Waals surface area contributed by atoms with Gasteiger partial charge >= 0.3 is 5.97 Å². The molecule has 0 aromatic heterocycles. The number of para-hydroxylation sites is 1. The van der Waals surface area contributed by atoms with Gasteiger partial charge in [0, 0.05) is 6.04 Å². The van der Waals surface area contributed by atoms with Crippen LogP contribution in [0.25, 0.3) is 0 Å². The van der Waals surface area contributed by atoms with Gasteiger partial charge in [-0.05, 0) is 43.2 Å². The number of rotatable bonds is 6. The molecule has 0 saturated carbocycles. The molecule has 0 fully saturated rings. The molecular weight excluding hydrogens is 278 g/mol. The van der Waals surface area contributed by atoms with Crippen molar-refractivity contribution in [2.24, 2.45) is 5.73 Å². The van der Waals surface area contributed by atoms with E-state index in [1.54, 1.807) is 6.92 Å². The van der Waals surface area contributed by atoms with Crippen LogP contribution in [0.4, 0.5) is 0 Å². The number of aryl methyl sites for hydroxylation is 1. The molecule has 22 heavy (non-hydrogen) atoms. The summed E-state index contributed by atoms with van der Waals surface area (Å²) in [5.41, 5.74) is 7.97. The maximum absolute atomic E-state index is 11.5. The molecule has 0 bridgehead atoms. The standard InChI is InChI=1S/C18H21NO3/c1-3-21-18(20)12-16(19)14-8-6-9-15(11-14)22-17-10-5-4-7-13(17)2/h4-11,16H,3,12,19H2,1-2H3/t16-/m0/s1. The molecule has 116 valence electrons. The SMILES string of the molecule is CCOC(=O)C[C@H](N)c1cccc(Oc2ccccc2C)c1. The normalized spacial score (nSPS) is 11.8. The predicted octanol–water partition coefficient (Wildman–Crippen LogP) is 3.74. The van der Waals surface area contributed by atoms with E-state index in [9.17, 15) is 4.79 Å². The topological polar surface area (TPSA) is 61.5 Å². The number of benzene rings is 2. The Bertz CT molecular complexity index is 640. The second-order valence-electron chi connectivity index (χ2n) is 5.06. The summed E-state index contributed by atoms with van der Waals surface area (Å²) in [6, 6.07) is 14.9. The molecule has 0 spiro atoms. The zero-order valence-electron chi connectivity index (χ0n) is 12.9. The molecule has 2 rings (SSSR count). The first-order valence-corrected chi connectivity index (χ1v) is 7.34. The highest BCUT2D eigenvalue weighted by molar-refractivity contribution is 5.70. The number of hydrogen-bond acceptors (Lipinski definition) is 4. The second kappa shape index (κ2) is 7.61. The Balaban J connectivity index is 2.09. The Labute approximate surface area is 130 Å². The van der Waals surface area contributed by atoms with E-state index in [2.05, 4.69) is 0 Å². The molecule has 0 amide bonds. The molecule has 0 radical (unpaired) electrons. The van der Waals surface area contributed by atoms with Gasteiger partial charge in [0.2, 0.25) is 0 Å². The highest BCUT2D eigenvalue weighted by Crippen LogP contribution is 2.27. The fraction of sp³-hybridized carbons (Fsp3) is 0.278. The molecule has 0 unspecified atom stereocenters. The molecule has 0 aliphatic heterocycles. The first-order chi connectivity index (χ1) is 10.6. The van der Waals surface area contributed by atoms with Crippen LogP contribution < -0.4 is 10.5 Å². The molecule has 2 aromatic rings. The Morgan fingerprint density at radius 1 is 1.18 bits per heavy atom. The Morgan fingerprint density at radius 2 is 1.95 bits per heavy atom. The van der Waals surface area contributed by atoms with Crippen LogP contribution in [0.15, 0.2) is 48.5 Å². The number of hydrogen-bond donors (Lipinski definition) is 1. The van der Waals surface area contributed by atoms with Crippen molar-refractivity contribution in [3.05, 3.63) is 59.7 Å². The summed E-state index contributed by atoms with van der Waals surface area (Å²) in [5.74, 6) is 1.21. The van der Waals surface area contributed by atoms with Crippen LogP contribution in [0, 0.1) is 6.92 Å². The quantitative estimate of drug-likeness (QED) is 0.825. The van der Waals surface area contributed by atoms with Gasteiger partial charge in [0.15, 0.2) is 0 Å². The summed E-state index contributed by atoms with van der Waals surface area (Å²) in [6.45, 7) is 4.13. The van der Waals surface area contributed by atoms with Gasteiger partial charge in [-0.3, -0.25) is 4.79 Å². The minimum Gasteiger partial charge on any atom is -0.466 e. The largest absolute Gasteiger partial charge is 0.466 e. The fourth-order valence-corrected chi connectivity index (χ4v) is 2.12. The zero-order valence-corrected chi connectivity index (χ0v) is 12.9. The Morgan fingerprint density at radius 3 is 2.68 bits per heavy atom. The number of carbonyl (C=O) groups excluding carboxylic acids is 1. The van der Waals surface area contributed by atoms with Crippen molar-refractivity contribution >= 4 is 5.97 Å². The second-order valence-corrected chi connectivity index (χ2v) is 5.06. The highest BCUT2D eigenvalue weighted by atomic mass is 16.5.